The Morgan fingerprint density at radius 1 is 1.57 bits per heavy atom. The van der Waals surface area contributed by atoms with E-state index in [9.17, 15) is 4.79 Å². The van der Waals surface area contributed by atoms with Gasteiger partial charge in [-0.15, -0.1) is 0 Å². The Morgan fingerprint density at radius 2 is 2.29 bits per heavy atom. The van der Waals surface area contributed by atoms with Gasteiger partial charge in [0.15, 0.2) is 0 Å². The SMILES string of the molecule is COCC(C)NC(=O)CNCCCO. The number of rotatable bonds is 8. The zero-order valence-corrected chi connectivity index (χ0v) is 8.88. The van der Waals surface area contributed by atoms with Crippen LogP contribution in [0.2, 0.25) is 0 Å². The van der Waals surface area contributed by atoms with Crippen LogP contribution in [0.1, 0.15) is 13.3 Å². The van der Waals surface area contributed by atoms with E-state index in [4.69, 9.17) is 9.84 Å². The molecular weight excluding hydrogens is 184 g/mol. The van der Waals surface area contributed by atoms with Gasteiger partial charge in [0.2, 0.25) is 5.91 Å². The summed E-state index contributed by atoms with van der Waals surface area (Å²) in [4.78, 5) is 11.2. The maximum atomic E-state index is 11.2. The van der Waals surface area contributed by atoms with Gasteiger partial charge in [0.1, 0.15) is 0 Å². The van der Waals surface area contributed by atoms with Crippen LogP contribution in [0.3, 0.4) is 0 Å². The summed E-state index contributed by atoms with van der Waals surface area (Å²) in [5.74, 6) is -0.0486. The molecule has 84 valence electrons. The number of aliphatic hydroxyl groups excluding tert-OH is 1. The molecule has 3 N–H and O–H groups in total. The first-order valence-corrected chi connectivity index (χ1v) is 4.80. The fraction of sp³-hybridized carbons (Fsp3) is 0.889. The van der Waals surface area contributed by atoms with E-state index in [-0.39, 0.29) is 25.1 Å². The maximum Gasteiger partial charge on any atom is 0.234 e. The third-order valence-electron chi connectivity index (χ3n) is 1.62. The zero-order chi connectivity index (χ0) is 10.8. The van der Waals surface area contributed by atoms with Crippen LogP contribution in [-0.2, 0) is 9.53 Å². The molecule has 0 fully saturated rings. The highest BCUT2D eigenvalue weighted by Crippen LogP contribution is 1.81. The van der Waals surface area contributed by atoms with Gasteiger partial charge in [-0.05, 0) is 19.9 Å². The summed E-state index contributed by atoms with van der Waals surface area (Å²) < 4.78 is 4.88. The van der Waals surface area contributed by atoms with Crippen molar-refractivity contribution in [3.8, 4) is 0 Å². The van der Waals surface area contributed by atoms with Gasteiger partial charge in [0, 0.05) is 19.8 Å². The predicted molar refractivity (Wildman–Crippen MR) is 54.1 cm³/mol. The van der Waals surface area contributed by atoms with E-state index >= 15 is 0 Å². The average Bonchev–Trinajstić information content (AvgIpc) is 2.13. The molecule has 0 spiro atoms. The topological polar surface area (TPSA) is 70.6 Å². The third-order valence-corrected chi connectivity index (χ3v) is 1.62. The highest BCUT2D eigenvalue weighted by atomic mass is 16.5. The number of carbonyl (C=O) groups excluding carboxylic acids is 1. The van der Waals surface area contributed by atoms with Gasteiger partial charge in [-0.25, -0.2) is 0 Å². The number of ether oxygens (including phenoxy) is 1. The van der Waals surface area contributed by atoms with Crippen LogP contribution < -0.4 is 10.6 Å². The lowest BCUT2D eigenvalue weighted by Gasteiger charge is -2.12. The van der Waals surface area contributed by atoms with Crippen molar-refractivity contribution in [3.63, 3.8) is 0 Å². The molecule has 0 heterocycles. The van der Waals surface area contributed by atoms with Crippen LogP contribution in [0, 0.1) is 0 Å². The van der Waals surface area contributed by atoms with Crippen LogP contribution >= 0.6 is 0 Å². The van der Waals surface area contributed by atoms with Crippen molar-refractivity contribution >= 4 is 5.91 Å². The Kier molecular flexibility index (Phi) is 8.51. The molecule has 0 aromatic carbocycles. The normalized spacial score (nSPS) is 12.5. The smallest absolute Gasteiger partial charge is 0.234 e. The molecule has 0 aromatic rings. The van der Waals surface area contributed by atoms with Crippen molar-refractivity contribution in [1.82, 2.24) is 10.6 Å². The second-order valence-electron chi connectivity index (χ2n) is 3.18. The van der Waals surface area contributed by atoms with Crippen molar-refractivity contribution < 1.29 is 14.6 Å². The van der Waals surface area contributed by atoms with Crippen molar-refractivity contribution in [1.29, 1.82) is 0 Å². The third kappa shape index (κ3) is 7.97. The predicted octanol–water partition coefficient (Wildman–Crippen LogP) is -0.890. The van der Waals surface area contributed by atoms with Crippen molar-refractivity contribution in [2.75, 3.05) is 33.4 Å². The molecule has 1 unspecified atom stereocenters. The summed E-state index contributed by atoms with van der Waals surface area (Å²) in [6, 6.07) is 0.0344. The second-order valence-corrected chi connectivity index (χ2v) is 3.18. The summed E-state index contributed by atoms with van der Waals surface area (Å²) in [5.41, 5.74) is 0. The number of hydrogen-bond acceptors (Lipinski definition) is 4. The molecule has 0 saturated carbocycles. The first-order valence-electron chi connectivity index (χ1n) is 4.80. The van der Waals surface area contributed by atoms with Crippen LogP contribution in [0.5, 0.6) is 0 Å². The molecule has 1 amide bonds. The molecule has 5 heteroatoms. The lowest BCUT2D eigenvalue weighted by Crippen LogP contribution is -2.41. The van der Waals surface area contributed by atoms with Crippen LogP contribution in [0.25, 0.3) is 0 Å². The van der Waals surface area contributed by atoms with E-state index in [1.165, 1.54) is 0 Å². The molecule has 0 aromatic heterocycles. The van der Waals surface area contributed by atoms with Gasteiger partial charge >= 0.3 is 0 Å². The quantitative estimate of drug-likeness (QED) is 0.449. The van der Waals surface area contributed by atoms with E-state index in [0.717, 1.165) is 0 Å². The van der Waals surface area contributed by atoms with Gasteiger partial charge in [0.05, 0.1) is 13.2 Å². The second kappa shape index (κ2) is 8.93. The molecule has 14 heavy (non-hydrogen) atoms. The Labute approximate surface area is 84.8 Å². The van der Waals surface area contributed by atoms with Gasteiger partial charge < -0.3 is 20.5 Å². The zero-order valence-electron chi connectivity index (χ0n) is 8.88. The van der Waals surface area contributed by atoms with Gasteiger partial charge in [-0.2, -0.15) is 0 Å². The summed E-state index contributed by atoms with van der Waals surface area (Å²) in [6.07, 6.45) is 0.668. The van der Waals surface area contributed by atoms with Crippen molar-refractivity contribution in [3.05, 3.63) is 0 Å². The fourth-order valence-corrected chi connectivity index (χ4v) is 1.02. The number of methoxy groups -OCH3 is 1. The minimum Gasteiger partial charge on any atom is -0.396 e. The summed E-state index contributed by atoms with van der Waals surface area (Å²) in [5, 5.41) is 14.2. The van der Waals surface area contributed by atoms with E-state index in [1.807, 2.05) is 6.92 Å². The minimum atomic E-state index is -0.0486. The molecule has 5 nitrogen and oxygen atoms in total. The molecule has 1 atom stereocenters. The van der Waals surface area contributed by atoms with Gasteiger partial charge in [0.25, 0.3) is 0 Å². The van der Waals surface area contributed by atoms with E-state index in [2.05, 4.69) is 10.6 Å². The number of nitrogens with one attached hydrogen (secondary N) is 2. The van der Waals surface area contributed by atoms with Crippen molar-refractivity contribution in [2.45, 2.75) is 19.4 Å². The van der Waals surface area contributed by atoms with Crippen LogP contribution in [0.15, 0.2) is 0 Å². The van der Waals surface area contributed by atoms with Gasteiger partial charge in [-0.3, -0.25) is 4.79 Å². The number of amides is 1. The summed E-state index contributed by atoms with van der Waals surface area (Å²) in [7, 11) is 1.60. The number of carbonyl (C=O) groups is 1. The lowest BCUT2D eigenvalue weighted by molar-refractivity contribution is -0.121. The fourth-order valence-electron chi connectivity index (χ4n) is 1.02. The highest BCUT2D eigenvalue weighted by Gasteiger charge is 2.05. The molecular formula is C9H20N2O3. The van der Waals surface area contributed by atoms with Crippen LogP contribution in [-0.4, -0.2) is 50.5 Å². The first kappa shape index (κ1) is 13.4. The Morgan fingerprint density at radius 3 is 2.86 bits per heavy atom. The highest BCUT2D eigenvalue weighted by molar-refractivity contribution is 5.78. The Bertz CT molecular complexity index is 153. The summed E-state index contributed by atoms with van der Waals surface area (Å²) in [6.45, 7) is 3.49. The van der Waals surface area contributed by atoms with Gasteiger partial charge in [-0.1, -0.05) is 0 Å². The Hall–Kier alpha value is -0.650. The lowest BCUT2D eigenvalue weighted by atomic mass is 10.3. The van der Waals surface area contributed by atoms with Crippen molar-refractivity contribution in [2.24, 2.45) is 0 Å². The number of hydrogen-bond donors (Lipinski definition) is 3. The largest absolute Gasteiger partial charge is 0.396 e. The first-order chi connectivity index (χ1) is 6.70. The van der Waals surface area contributed by atoms with E-state index < -0.39 is 0 Å². The van der Waals surface area contributed by atoms with Crippen LogP contribution in [0.4, 0.5) is 0 Å². The molecule has 0 rings (SSSR count). The number of aliphatic hydroxyl groups is 1. The molecule has 0 aliphatic heterocycles. The maximum absolute atomic E-state index is 11.2. The Balaban J connectivity index is 3.35. The van der Waals surface area contributed by atoms with E-state index in [1.54, 1.807) is 7.11 Å². The monoisotopic (exact) mass is 204 g/mol. The molecule has 0 radical (unpaired) electrons. The minimum absolute atomic E-state index is 0.0344. The standard InChI is InChI=1S/C9H20N2O3/c1-8(7-14-2)11-9(13)6-10-4-3-5-12/h8,10,12H,3-7H2,1-2H3,(H,11,13). The van der Waals surface area contributed by atoms with E-state index in [0.29, 0.717) is 19.6 Å². The molecule has 0 aliphatic carbocycles. The molecule has 0 saturated heterocycles. The molecule has 0 bridgehead atoms. The molecule has 0 aliphatic rings. The summed E-state index contributed by atoms with van der Waals surface area (Å²) >= 11 is 0. The average molecular weight is 204 g/mol.